The Bertz CT molecular complexity index is 292. The van der Waals surface area contributed by atoms with Crippen LogP contribution in [-0.2, 0) is 6.42 Å². The van der Waals surface area contributed by atoms with Gasteiger partial charge in [-0.15, -0.1) is 0 Å². The standard InChI is InChI=1S/C9H12N2/c1-6-5-7(2)11-9-8(6)3-4-10-9/h5H,3-4H2,1-2H3,(H,10,11). The van der Waals surface area contributed by atoms with Crippen molar-refractivity contribution in [2.75, 3.05) is 11.9 Å². The third-order valence-electron chi connectivity index (χ3n) is 2.14. The number of fused-ring (bicyclic) bond motifs is 1. The van der Waals surface area contributed by atoms with Crippen LogP contribution in [0.15, 0.2) is 6.07 Å². The number of hydrogen-bond acceptors (Lipinski definition) is 2. The van der Waals surface area contributed by atoms with Crippen LogP contribution < -0.4 is 5.32 Å². The molecule has 1 aromatic heterocycles. The molecule has 0 aromatic carbocycles. The average Bonchev–Trinajstić information content (AvgIpc) is 2.34. The minimum absolute atomic E-state index is 1.05. The number of rotatable bonds is 0. The third-order valence-corrected chi connectivity index (χ3v) is 2.14. The summed E-state index contributed by atoms with van der Waals surface area (Å²) in [6.07, 6.45) is 1.13. The van der Waals surface area contributed by atoms with Gasteiger partial charge >= 0.3 is 0 Å². The topological polar surface area (TPSA) is 24.9 Å². The van der Waals surface area contributed by atoms with Gasteiger partial charge in [0.1, 0.15) is 5.82 Å². The van der Waals surface area contributed by atoms with E-state index in [0.29, 0.717) is 0 Å². The summed E-state index contributed by atoms with van der Waals surface area (Å²) in [7, 11) is 0. The number of pyridine rings is 1. The van der Waals surface area contributed by atoms with Gasteiger partial charge in [-0.25, -0.2) is 4.98 Å². The molecule has 58 valence electrons. The lowest BCUT2D eigenvalue weighted by molar-refractivity contribution is 1.09. The maximum Gasteiger partial charge on any atom is 0.129 e. The quantitative estimate of drug-likeness (QED) is 0.605. The van der Waals surface area contributed by atoms with E-state index in [0.717, 1.165) is 24.5 Å². The second kappa shape index (κ2) is 2.22. The monoisotopic (exact) mass is 148 g/mol. The van der Waals surface area contributed by atoms with Gasteiger partial charge < -0.3 is 5.32 Å². The molecule has 1 N–H and O–H groups in total. The van der Waals surface area contributed by atoms with E-state index in [4.69, 9.17) is 0 Å². The summed E-state index contributed by atoms with van der Waals surface area (Å²) >= 11 is 0. The van der Waals surface area contributed by atoms with E-state index in [1.807, 2.05) is 6.92 Å². The maximum absolute atomic E-state index is 4.40. The first-order valence-electron chi connectivity index (χ1n) is 3.98. The largest absolute Gasteiger partial charge is 0.369 e. The van der Waals surface area contributed by atoms with Crippen molar-refractivity contribution in [1.29, 1.82) is 0 Å². The molecule has 2 heteroatoms. The number of nitrogens with zero attached hydrogens (tertiary/aromatic N) is 1. The Balaban J connectivity index is 2.60. The maximum atomic E-state index is 4.40. The van der Waals surface area contributed by atoms with Crippen LogP contribution in [0.5, 0.6) is 0 Å². The van der Waals surface area contributed by atoms with Crippen molar-refractivity contribution in [2.45, 2.75) is 20.3 Å². The van der Waals surface area contributed by atoms with Crippen LogP contribution in [0.1, 0.15) is 16.8 Å². The number of nitrogens with one attached hydrogen (secondary N) is 1. The van der Waals surface area contributed by atoms with Crippen LogP contribution >= 0.6 is 0 Å². The van der Waals surface area contributed by atoms with Gasteiger partial charge in [-0.3, -0.25) is 0 Å². The Morgan fingerprint density at radius 3 is 3.09 bits per heavy atom. The highest BCUT2D eigenvalue weighted by Crippen LogP contribution is 2.23. The van der Waals surface area contributed by atoms with Crippen LogP contribution in [0, 0.1) is 13.8 Å². The summed E-state index contributed by atoms with van der Waals surface area (Å²) in [4.78, 5) is 4.40. The molecular weight excluding hydrogens is 136 g/mol. The second-order valence-electron chi connectivity index (χ2n) is 3.08. The molecule has 0 saturated carbocycles. The van der Waals surface area contributed by atoms with Gasteiger partial charge in [0.15, 0.2) is 0 Å². The number of anilines is 1. The lowest BCUT2D eigenvalue weighted by atomic mass is 10.1. The zero-order chi connectivity index (χ0) is 7.84. The molecule has 0 fully saturated rings. The van der Waals surface area contributed by atoms with E-state index in [-0.39, 0.29) is 0 Å². The fourth-order valence-electron chi connectivity index (χ4n) is 1.63. The van der Waals surface area contributed by atoms with Crippen LogP contribution in [0.4, 0.5) is 5.82 Å². The first-order valence-corrected chi connectivity index (χ1v) is 3.98. The molecule has 1 aliphatic heterocycles. The van der Waals surface area contributed by atoms with E-state index >= 15 is 0 Å². The molecule has 1 aliphatic rings. The summed E-state index contributed by atoms with van der Waals surface area (Å²) < 4.78 is 0. The SMILES string of the molecule is Cc1cc(C)c2c(n1)NCC2. The minimum atomic E-state index is 1.05. The smallest absolute Gasteiger partial charge is 0.129 e. The van der Waals surface area contributed by atoms with Crippen molar-refractivity contribution in [3.05, 3.63) is 22.9 Å². The van der Waals surface area contributed by atoms with E-state index in [1.165, 1.54) is 11.1 Å². The van der Waals surface area contributed by atoms with Crippen LogP contribution in [-0.4, -0.2) is 11.5 Å². The highest BCUT2D eigenvalue weighted by Gasteiger charge is 2.13. The van der Waals surface area contributed by atoms with E-state index in [2.05, 4.69) is 23.3 Å². The van der Waals surface area contributed by atoms with Crippen molar-refractivity contribution < 1.29 is 0 Å². The van der Waals surface area contributed by atoms with Gasteiger partial charge in [0.25, 0.3) is 0 Å². The molecule has 0 saturated heterocycles. The van der Waals surface area contributed by atoms with Crippen molar-refractivity contribution >= 4 is 5.82 Å². The average molecular weight is 148 g/mol. The Morgan fingerprint density at radius 2 is 2.27 bits per heavy atom. The molecule has 0 spiro atoms. The van der Waals surface area contributed by atoms with Gasteiger partial charge in [0.2, 0.25) is 0 Å². The first-order chi connectivity index (χ1) is 5.27. The summed E-state index contributed by atoms with van der Waals surface area (Å²) in [6.45, 7) is 5.24. The van der Waals surface area contributed by atoms with Crippen LogP contribution in [0.3, 0.4) is 0 Å². The van der Waals surface area contributed by atoms with Crippen molar-refractivity contribution in [3.63, 3.8) is 0 Å². The Labute approximate surface area is 66.7 Å². The third kappa shape index (κ3) is 0.985. The molecule has 0 amide bonds. The van der Waals surface area contributed by atoms with Gasteiger partial charge in [-0.1, -0.05) is 0 Å². The number of hydrogen-bond donors (Lipinski definition) is 1. The Morgan fingerprint density at radius 1 is 1.45 bits per heavy atom. The van der Waals surface area contributed by atoms with Gasteiger partial charge in [0, 0.05) is 12.2 Å². The van der Waals surface area contributed by atoms with Gasteiger partial charge in [-0.2, -0.15) is 0 Å². The number of aromatic nitrogens is 1. The van der Waals surface area contributed by atoms with Crippen molar-refractivity contribution in [2.24, 2.45) is 0 Å². The fraction of sp³-hybridized carbons (Fsp3) is 0.444. The molecule has 0 bridgehead atoms. The van der Waals surface area contributed by atoms with E-state index in [1.54, 1.807) is 0 Å². The fourth-order valence-corrected chi connectivity index (χ4v) is 1.63. The first kappa shape index (κ1) is 6.65. The molecule has 1 aromatic rings. The van der Waals surface area contributed by atoms with E-state index < -0.39 is 0 Å². The molecule has 2 nitrogen and oxygen atoms in total. The predicted molar refractivity (Wildman–Crippen MR) is 45.9 cm³/mol. The molecule has 11 heavy (non-hydrogen) atoms. The lowest BCUT2D eigenvalue weighted by Crippen LogP contribution is -1.94. The summed E-state index contributed by atoms with van der Waals surface area (Å²) in [5.41, 5.74) is 3.88. The van der Waals surface area contributed by atoms with E-state index in [9.17, 15) is 0 Å². The zero-order valence-electron chi connectivity index (χ0n) is 6.94. The van der Waals surface area contributed by atoms with Crippen molar-refractivity contribution in [3.8, 4) is 0 Å². The summed E-state index contributed by atoms with van der Waals surface area (Å²) in [5.74, 6) is 1.10. The Hall–Kier alpha value is -1.05. The van der Waals surface area contributed by atoms with Gasteiger partial charge in [0.05, 0.1) is 0 Å². The lowest BCUT2D eigenvalue weighted by Gasteiger charge is -2.03. The molecule has 0 radical (unpaired) electrons. The highest BCUT2D eigenvalue weighted by molar-refractivity contribution is 5.53. The molecular formula is C9H12N2. The van der Waals surface area contributed by atoms with Gasteiger partial charge in [-0.05, 0) is 37.5 Å². The minimum Gasteiger partial charge on any atom is -0.369 e. The van der Waals surface area contributed by atoms with Crippen LogP contribution in [0.25, 0.3) is 0 Å². The Kier molecular flexibility index (Phi) is 1.34. The van der Waals surface area contributed by atoms with Crippen LogP contribution in [0.2, 0.25) is 0 Å². The zero-order valence-corrected chi connectivity index (χ0v) is 6.94. The van der Waals surface area contributed by atoms with Crippen molar-refractivity contribution in [1.82, 2.24) is 4.98 Å². The number of aryl methyl sites for hydroxylation is 2. The summed E-state index contributed by atoms with van der Waals surface area (Å²) in [5, 5.41) is 3.27. The molecule has 2 rings (SSSR count). The molecule has 0 unspecified atom stereocenters. The highest BCUT2D eigenvalue weighted by atomic mass is 15.0. The second-order valence-corrected chi connectivity index (χ2v) is 3.08. The predicted octanol–water partition coefficient (Wildman–Crippen LogP) is 1.67. The summed E-state index contributed by atoms with van der Waals surface area (Å²) in [6, 6.07) is 2.14. The molecule has 2 heterocycles. The molecule has 0 atom stereocenters. The normalized spacial score (nSPS) is 14.4. The molecule has 0 aliphatic carbocycles.